The van der Waals surface area contributed by atoms with Crippen molar-refractivity contribution in [3.8, 4) is 0 Å². The van der Waals surface area contributed by atoms with Gasteiger partial charge in [-0.25, -0.2) is 0 Å². The lowest BCUT2D eigenvalue weighted by Crippen LogP contribution is -2.17. The van der Waals surface area contributed by atoms with Crippen molar-refractivity contribution in [3.05, 3.63) is 34.3 Å². The molecule has 0 aliphatic heterocycles. The van der Waals surface area contributed by atoms with Crippen molar-refractivity contribution in [2.24, 2.45) is 0 Å². The highest BCUT2D eigenvalue weighted by Crippen LogP contribution is 2.18. The fraction of sp³-hybridized carbons (Fsp3) is 0.412. The maximum absolute atomic E-state index is 12.0. The third-order valence-electron chi connectivity index (χ3n) is 3.41. The second-order valence-electron chi connectivity index (χ2n) is 5.67. The molecule has 128 valence electrons. The number of aryl methyl sites for hydroxylation is 3. The highest BCUT2D eigenvalue weighted by atomic mass is 32.1. The molecule has 0 atom stereocenters. The first-order valence-electron chi connectivity index (χ1n) is 7.97. The number of nitrogens with zero attached hydrogens (tertiary/aromatic N) is 2. The molecule has 1 aromatic heterocycles. The molecule has 2 rings (SSSR count). The zero-order chi connectivity index (χ0) is 17.5. The number of carbonyl (C=O) groups excluding carboxylic acids is 2. The van der Waals surface area contributed by atoms with E-state index < -0.39 is 0 Å². The molecule has 0 radical (unpaired) electrons. The third-order valence-corrected chi connectivity index (χ3v) is 4.31. The van der Waals surface area contributed by atoms with Gasteiger partial charge in [0, 0.05) is 24.9 Å². The molecule has 0 unspecified atom stereocenters. The van der Waals surface area contributed by atoms with Gasteiger partial charge in [-0.1, -0.05) is 36.0 Å². The van der Waals surface area contributed by atoms with Crippen LogP contribution in [0.15, 0.2) is 18.2 Å². The maximum atomic E-state index is 12.0. The van der Waals surface area contributed by atoms with Crippen LogP contribution in [0, 0.1) is 13.8 Å². The van der Waals surface area contributed by atoms with Gasteiger partial charge in [-0.15, -0.1) is 10.2 Å². The van der Waals surface area contributed by atoms with Crippen molar-refractivity contribution in [1.82, 2.24) is 10.2 Å². The Hall–Kier alpha value is -2.28. The first-order chi connectivity index (χ1) is 11.5. The third kappa shape index (κ3) is 5.42. The summed E-state index contributed by atoms with van der Waals surface area (Å²) < 4.78 is 0. The summed E-state index contributed by atoms with van der Waals surface area (Å²) in [7, 11) is 0. The summed E-state index contributed by atoms with van der Waals surface area (Å²) in [5, 5.41) is 14.8. The Morgan fingerprint density at radius 3 is 2.46 bits per heavy atom. The van der Waals surface area contributed by atoms with E-state index in [-0.39, 0.29) is 24.7 Å². The van der Waals surface area contributed by atoms with Gasteiger partial charge in [0.2, 0.25) is 16.9 Å². The van der Waals surface area contributed by atoms with Crippen LogP contribution < -0.4 is 10.6 Å². The molecular weight excluding hydrogens is 324 g/mol. The van der Waals surface area contributed by atoms with E-state index in [0.717, 1.165) is 34.7 Å². The van der Waals surface area contributed by atoms with Crippen LogP contribution in [0.4, 0.5) is 10.8 Å². The highest BCUT2D eigenvalue weighted by molar-refractivity contribution is 7.15. The van der Waals surface area contributed by atoms with E-state index in [0.29, 0.717) is 5.13 Å². The first-order valence-corrected chi connectivity index (χ1v) is 8.79. The van der Waals surface area contributed by atoms with Gasteiger partial charge in [0.25, 0.3) is 0 Å². The first kappa shape index (κ1) is 18.1. The van der Waals surface area contributed by atoms with Crippen LogP contribution in [0.2, 0.25) is 0 Å². The van der Waals surface area contributed by atoms with Crippen LogP contribution in [0.3, 0.4) is 0 Å². The molecule has 2 aromatic rings. The number of aromatic nitrogens is 2. The van der Waals surface area contributed by atoms with Gasteiger partial charge in [-0.3, -0.25) is 9.59 Å². The zero-order valence-electron chi connectivity index (χ0n) is 14.2. The van der Waals surface area contributed by atoms with Gasteiger partial charge in [-0.2, -0.15) is 0 Å². The number of amides is 2. The molecule has 0 bridgehead atoms. The van der Waals surface area contributed by atoms with Gasteiger partial charge in [0.1, 0.15) is 5.01 Å². The lowest BCUT2D eigenvalue weighted by molar-refractivity contribution is -0.121. The standard InChI is InChI=1S/C17H22N4O2S/c1-4-5-16-20-21-17(24-16)19-15(23)9-8-14(22)18-13-7-6-11(2)10-12(13)3/h6-7,10H,4-5,8-9H2,1-3H3,(H,18,22)(H,19,21,23). The second-order valence-corrected chi connectivity index (χ2v) is 6.73. The normalized spacial score (nSPS) is 10.5. The number of carbonyl (C=O) groups is 2. The Morgan fingerprint density at radius 1 is 1.08 bits per heavy atom. The summed E-state index contributed by atoms with van der Waals surface area (Å²) in [6.07, 6.45) is 2.08. The molecule has 0 saturated heterocycles. The SMILES string of the molecule is CCCc1nnc(NC(=O)CCC(=O)Nc2ccc(C)cc2C)s1. The van der Waals surface area contributed by atoms with Gasteiger partial charge < -0.3 is 10.6 Å². The van der Waals surface area contributed by atoms with Crippen molar-refractivity contribution in [1.29, 1.82) is 0 Å². The van der Waals surface area contributed by atoms with E-state index in [2.05, 4.69) is 27.8 Å². The van der Waals surface area contributed by atoms with Crippen molar-refractivity contribution in [2.75, 3.05) is 10.6 Å². The van der Waals surface area contributed by atoms with Crippen LogP contribution in [0.1, 0.15) is 42.3 Å². The summed E-state index contributed by atoms with van der Waals surface area (Å²) in [5.41, 5.74) is 2.92. The lowest BCUT2D eigenvalue weighted by Gasteiger charge is -2.09. The number of nitrogens with one attached hydrogen (secondary N) is 2. The molecule has 7 heteroatoms. The molecule has 6 nitrogen and oxygen atoms in total. The predicted octanol–water partition coefficient (Wildman–Crippen LogP) is 3.46. The number of rotatable bonds is 7. The van der Waals surface area contributed by atoms with E-state index in [9.17, 15) is 9.59 Å². The molecule has 24 heavy (non-hydrogen) atoms. The van der Waals surface area contributed by atoms with Crippen LogP contribution >= 0.6 is 11.3 Å². The van der Waals surface area contributed by atoms with Gasteiger partial charge in [0.15, 0.2) is 0 Å². The topological polar surface area (TPSA) is 84.0 Å². The molecule has 0 spiro atoms. The van der Waals surface area contributed by atoms with E-state index in [4.69, 9.17) is 0 Å². The van der Waals surface area contributed by atoms with Gasteiger partial charge >= 0.3 is 0 Å². The molecule has 1 aromatic carbocycles. The van der Waals surface area contributed by atoms with Crippen LogP contribution in [-0.2, 0) is 16.0 Å². The number of anilines is 2. The van der Waals surface area contributed by atoms with E-state index >= 15 is 0 Å². The minimum Gasteiger partial charge on any atom is -0.326 e. The van der Waals surface area contributed by atoms with Gasteiger partial charge in [-0.05, 0) is 31.9 Å². The average Bonchev–Trinajstić information content (AvgIpc) is 2.95. The second kappa shape index (κ2) is 8.54. The molecule has 0 fully saturated rings. The average molecular weight is 346 g/mol. The summed E-state index contributed by atoms with van der Waals surface area (Å²) in [4.78, 5) is 23.9. The Labute approximate surface area is 145 Å². The monoisotopic (exact) mass is 346 g/mol. The van der Waals surface area contributed by atoms with Crippen LogP contribution in [0.5, 0.6) is 0 Å². The smallest absolute Gasteiger partial charge is 0.226 e. The molecule has 1 heterocycles. The van der Waals surface area contributed by atoms with Crippen molar-refractivity contribution >= 4 is 34.0 Å². The molecule has 0 aliphatic carbocycles. The van der Waals surface area contributed by atoms with E-state index in [1.807, 2.05) is 32.0 Å². The molecule has 2 N–H and O–H groups in total. The molecule has 0 aliphatic rings. The molecular formula is C17H22N4O2S. The Morgan fingerprint density at radius 2 is 1.79 bits per heavy atom. The number of hydrogen-bond acceptors (Lipinski definition) is 5. The summed E-state index contributed by atoms with van der Waals surface area (Å²) in [5.74, 6) is -0.411. The van der Waals surface area contributed by atoms with Crippen molar-refractivity contribution in [2.45, 2.75) is 46.5 Å². The Bertz CT molecular complexity index is 727. The predicted molar refractivity (Wildman–Crippen MR) is 96.3 cm³/mol. The van der Waals surface area contributed by atoms with Crippen LogP contribution in [0.25, 0.3) is 0 Å². The van der Waals surface area contributed by atoms with Gasteiger partial charge in [0.05, 0.1) is 0 Å². The minimum absolute atomic E-state index is 0.111. The van der Waals surface area contributed by atoms with Crippen LogP contribution in [-0.4, -0.2) is 22.0 Å². The summed E-state index contributed by atoms with van der Waals surface area (Å²) >= 11 is 1.37. The fourth-order valence-corrected chi connectivity index (χ4v) is 3.05. The maximum Gasteiger partial charge on any atom is 0.226 e. The number of benzene rings is 1. The minimum atomic E-state index is -0.232. The summed E-state index contributed by atoms with van der Waals surface area (Å²) in [6, 6.07) is 5.82. The zero-order valence-corrected chi connectivity index (χ0v) is 15.0. The highest BCUT2D eigenvalue weighted by Gasteiger charge is 2.11. The Kier molecular flexibility index (Phi) is 6.43. The molecule has 0 saturated carbocycles. The quantitative estimate of drug-likeness (QED) is 0.804. The lowest BCUT2D eigenvalue weighted by atomic mass is 10.1. The molecule has 2 amide bonds. The largest absolute Gasteiger partial charge is 0.326 e. The number of hydrogen-bond donors (Lipinski definition) is 2. The van der Waals surface area contributed by atoms with E-state index in [1.54, 1.807) is 0 Å². The Balaban J connectivity index is 1.79. The summed E-state index contributed by atoms with van der Waals surface area (Å²) in [6.45, 7) is 6.01. The van der Waals surface area contributed by atoms with Crippen molar-refractivity contribution < 1.29 is 9.59 Å². The fourth-order valence-electron chi connectivity index (χ4n) is 2.19. The van der Waals surface area contributed by atoms with Crippen molar-refractivity contribution in [3.63, 3.8) is 0 Å². The van der Waals surface area contributed by atoms with E-state index in [1.165, 1.54) is 11.3 Å².